The molecule has 1 amide bonds. The number of rotatable bonds is 3. The third-order valence-corrected chi connectivity index (χ3v) is 4.05. The van der Waals surface area contributed by atoms with Crippen molar-refractivity contribution in [2.45, 2.75) is 13.8 Å². The monoisotopic (exact) mass is 292 g/mol. The van der Waals surface area contributed by atoms with Gasteiger partial charge in [0.2, 0.25) is 0 Å². The minimum absolute atomic E-state index is 0.0484. The van der Waals surface area contributed by atoms with Gasteiger partial charge in [-0.15, -0.1) is 0 Å². The van der Waals surface area contributed by atoms with Crippen LogP contribution in [0.4, 0.5) is 11.4 Å². The number of carbonyl (C=O) groups excluding carboxylic acids is 1. The minimum atomic E-state index is 0.0484. The first-order valence-electron chi connectivity index (χ1n) is 7.54. The SMILES string of the molecule is CCN(/C=C1\C(=O)N(C)c2ccccc21)c1cccc(C)c1. The minimum Gasteiger partial charge on any atom is -0.347 e. The fourth-order valence-electron chi connectivity index (χ4n) is 2.83. The Morgan fingerprint density at radius 2 is 1.91 bits per heavy atom. The fourth-order valence-corrected chi connectivity index (χ4v) is 2.83. The van der Waals surface area contributed by atoms with Crippen molar-refractivity contribution in [1.29, 1.82) is 0 Å². The lowest BCUT2D eigenvalue weighted by Gasteiger charge is -2.20. The van der Waals surface area contributed by atoms with Crippen LogP contribution in [0.1, 0.15) is 18.1 Å². The summed E-state index contributed by atoms with van der Waals surface area (Å²) in [5.41, 5.74) is 5.04. The molecule has 2 aromatic carbocycles. The van der Waals surface area contributed by atoms with Crippen LogP contribution in [0, 0.1) is 6.92 Å². The highest BCUT2D eigenvalue weighted by atomic mass is 16.2. The fraction of sp³-hybridized carbons (Fsp3) is 0.211. The maximum Gasteiger partial charge on any atom is 0.260 e. The number of nitrogens with zero attached hydrogens (tertiary/aromatic N) is 2. The van der Waals surface area contributed by atoms with Crippen molar-refractivity contribution in [2.75, 3.05) is 23.4 Å². The molecule has 0 aliphatic carbocycles. The number of anilines is 2. The van der Waals surface area contributed by atoms with Crippen molar-refractivity contribution in [3.05, 3.63) is 65.9 Å². The lowest BCUT2D eigenvalue weighted by molar-refractivity contribution is -0.112. The van der Waals surface area contributed by atoms with Crippen LogP contribution in [0.25, 0.3) is 5.57 Å². The lowest BCUT2D eigenvalue weighted by atomic mass is 10.1. The Hall–Kier alpha value is -2.55. The highest BCUT2D eigenvalue weighted by Gasteiger charge is 2.29. The van der Waals surface area contributed by atoms with Crippen LogP contribution in [0.3, 0.4) is 0 Å². The number of hydrogen-bond acceptors (Lipinski definition) is 2. The Labute approximate surface area is 131 Å². The third-order valence-electron chi connectivity index (χ3n) is 4.05. The van der Waals surface area contributed by atoms with E-state index in [2.05, 4.69) is 36.9 Å². The van der Waals surface area contributed by atoms with E-state index in [0.29, 0.717) is 0 Å². The molecule has 3 heteroatoms. The number of aryl methyl sites for hydroxylation is 1. The molecule has 0 radical (unpaired) electrons. The molecular weight excluding hydrogens is 272 g/mol. The van der Waals surface area contributed by atoms with Gasteiger partial charge in [-0.1, -0.05) is 30.3 Å². The quantitative estimate of drug-likeness (QED) is 0.803. The number of hydrogen-bond donors (Lipinski definition) is 0. The molecule has 0 fully saturated rings. The maximum absolute atomic E-state index is 12.5. The lowest BCUT2D eigenvalue weighted by Crippen LogP contribution is -2.22. The molecule has 3 nitrogen and oxygen atoms in total. The molecule has 0 unspecified atom stereocenters. The summed E-state index contributed by atoms with van der Waals surface area (Å²) in [6.45, 7) is 4.98. The van der Waals surface area contributed by atoms with E-state index >= 15 is 0 Å². The summed E-state index contributed by atoms with van der Waals surface area (Å²) >= 11 is 0. The topological polar surface area (TPSA) is 23.6 Å². The van der Waals surface area contributed by atoms with E-state index in [-0.39, 0.29) is 5.91 Å². The largest absolute Gasteiger partial charge is 0.347 e. The molecule has 22 heavy (non-hydrogen) atoms. The van der Waals surface area contributed by atoms with Gasteiger partial charge in [0, 0.05) is 31.0 Å². The van der Waals surface area contributed by atoms with Gasteiger partial charge in [-0.25, -0.2) is 0 Å². The molecule has 0 N–H and O–H groups in total. The van der Waals surface area contributed by atoms with Gasteiger partial charge < -0.3 is 9.80 Å². The molecule has 0 saturated heterocycles. The molecule has 0 saturated carbocycles. The Bertz CT molecular complexity index is 749. The van der Waals surface area contributed by atoms with Crippen molar-refractivity contribution in [1.82, 2.24) is 0 Å². The molecule has 0 bridgehead atoms. The number of carbonyl (C=O) groups is 1. The second-order valence-electron chi connectivity index (χ2n) is 5.55. The van der Waals surface area contributed by atoms with E-state index in [1.165, 1.54) is 5.56 Å². The Balaban J connectivity index is 2.05. The van der Waals surface area contributed by atoms with Crippen LogP contribution >= 0.6 is 0 Å². The molecule has 0 atom stereocenters. The van der Waals surface area contributed by atoms with Crippen LogP contribution in [-0.2, 0) is 4.79 Å². The second-order valence-corrected chi connectivity index (χ2v) is 5.55. The summed E-state index contributed by atoms with van der Waals surface area (Å²) in [4.78, 5) is 16.4. The average Bonchev–Trinajstić information content (AvgIpc) is 2.77. The van der Waals surface area contributed by atoms with E-state index in [1.54, 1.807) is 4.90 Å². The number of para-hydroxylation sites is 1. The summed E-state index contributed by atoms with van der Waals surface area (Å²) in [6, 6.07) is 16.3. The Kier molecular flexibility index (Phi) is 3.72. The predicted octanol–water partition coefficient (Wildman–Crippen LogP) is 3.84. The van der Waals surface area contributed by atoms with Gasteiger partial charge in [0.25, 0.3) is 5.91 Å². The van der Waals surface area contributed by atoms with Crippen LogP contribution in [0.15, 0.2) is 54.7 Å². The standard InChI is InChI=1S/C19H20N2O/c1-4-21(15-9-7-8-14(2)12-15)13-17-16-10-5-6-11-18(16)20(3)19(17)22/h5-13H,4H2,1-3H3/b17-13-. The van der Waals surface area contributed by atoms with E-state index in [1.807, 2.05) is 43.6 Å². The van der Waals surface area contributed by atoms with Gasteiger partial charge in [-0.05, 0) is 37.6 Å². The normalized spacial score (nSPS) is 15.3. The second kappa shape index (κ2) is 5.68. The first-order chi connectivity index (χ1) is 10.6. The van der Waals surface area contributed by atoms with E-state index in [0.717, 1.165) is 29.1 Å². The molecule has 0 aromatic heterocycles. The van der Waals surface area contributed by atoms with E-state index < -0.39 is 0 Å². The number of amides is 1. The van der Waals surface area contributed by atoms with Gasteiger partial charge in [-0.3, -0.25) is 4.79 Å². The van der Waals surface area contributed by atoms with Crippen molar-refractivity contribution in [3.63, 3.8) is 0 Å². The molecule has 1 heterocycles. The zero-order valence-electron chi connectivity index (χ0n) is 13.2. The van der Waals surface area contributed by atoms with Gasteiger partial charge in [0.05, 0.1) is 11.3 Å². The predicted molar refractivity (Wildman–Crippen MR) is 92.0 cm³/mol. The molecule has 112 valence electrons. The zero-order chi connectivity index (χ0) is 15.7. The summed E-state index contributed by atoms with van der Waals surface area (Å²) < 4.78 is 0. The molecule has 3 rings (SSSR count). The van der Waals surface area contributed by atoms with Gasteiger partial charge >= 0.3 is 0 Å². The highest BCUT2D eigenvalue weighted by Crippen LogP contribution is 2.36. The molecule has 1 aliphatic heterocycles. The summed E-state index contributed by atoms with van der Waals surface area (Å²) in [7, 11) is 1.82. The van der Waals surface area contributed by atoms with Crippen LogP contribution in [0.5, 0.6) is 0 Å². The Morgan fingerprint density at radius 1 is 1.14 bits per heavy atom. The van der Waals surface area contributed by atoms with Crippen LogP contribution < -0.4 is 9.80 Å². The number of fused-ring (bicyclic) bond motifs is 1. The van der Waals surface area contributed by atoms with Crippen LogP contribution in [0.2, 0.25) is 0 Å². The van der Waals surface area contributed by atoms with Gasteiger partial charge in [0.1, 0.15) is 0 Å². The highest BCUT2D eigenvalue weighted by molar-refractivity contribution is 6.32. The van der Waals surface area contributed by atoms with Crippen molar-refractivity contribution in [3.8, 4) is 0 Å². The van der Waals surface area contributed by atoms with Gasteiger partial charge in [0.15, 0.2) is 0 Å². The maximum atomic E-state index is 12.5. The van der Waals surface area contributed by atoms with Crippen molar-refractivity contribution in [2.24, 2.45) is 0 Å². The molecule has 1 aliphatic rings. The smallest absolute Gasteiger partial charge is 0.260 e. The first kappa shape index (κ1) is 14.4. The summed E-state index contributed by atoms with van der Waals surface area (Å²) in [5, 5.41) is 0. The Morgan fingerprint density at radius 3 is 2.64 bits per heavy atom. The van der Waals surface area contributed by atoms with Crippen molar-refractivity contribution < 1.29 is 4.79 Å². The molecular formula is C19H20N2O. The number of benzene rings is 2. The zero-order valence-corrected chi connectivity index (χ0v) is 13.2. The third kappa shape index (κ3) is 2.39. The summed E-state index contributed by atoms with van der Waals surface area (Å²) in [5.74, 6) is 0.0484. The van der Waals surface area contributed by atoms with E-state index in [4.69, 9.17) is 0 Å². The molecule has 2 aromatic rings. The van der Waals surface area contributed by atoms with Crippen molar-refractivity contribution >= 4 is 22.9 Å². The van der Waals surface area contributed by atoms with E-state index in [9.17, 15) is 4.79 Å². The first-order valence-corrected chi connectivity index (χ1v) is 7.54. The van der Waals surface area contributed by atoms with Crippen LogP contribution in [-0.4, -0.2) is 19.5 Å². The van der Waals surface area contributed by atoms with Gasteiger partial charge in [-0.2, -0.15) is 0 Å². The average molecular weight is 292 g/mol. The summed E-state index contributed by atoms with van der Waals surface area (Å²) in [6.07, 6.45) is 1.97. The molecule has 0 spiro atoms. The number of likely N-dealkylation sites (N-methyl/N-ethyl adjacent to an activating group) is 1.